The summed E-state index contributed by atoms with van der Waals surface area (Å²) >= 11 is 0. The lowest BCUT2D eigenvalue weighted by Crippen LogP contribution is -2.57. The number of carboxylic acid groups (broad SMARTS) is 1. The molecule has 2 saturated carbocycles. The van der Waals surface area contributed by atoms with Crippen LogP contribution in [0.1, 0.15) is 68.3 Å². The number of nitrogens with one attached hydrogen (secondary N) is 1. The van der Waals surface area contributed by atoms with Crippen LogP contribution in [-0.4, -0.2) is 29.6 Å². The van der Waals surface area contributed by atoms with Gasteiger partial charge in [-0.15, -0.1) is 0 Å². The molecule has 2 aliphatic rings. The van der Waals surface area contributed by atoms with E-state index in [2.05, 4.69) is 23.9 Å². The lowest BCUT2D eigenvalue weighted by Gasteiger charge is -2.53. The molecule has 0 radical (unpaired) electrons. The molecule has 0 aliphatic heterocycles. The molecule has 2 aliphatic carbocycles. The Bertz CT molecular complexity index is 1390. The van der Waals surface area contributed by atoms with Crippen molar-refractivity contribution < 1.29 is 33.0 Å². The zero-order valence-electron chi connectivity index (χ0n) is 23.4. The summed E-state index contributed by atoms with van der Waals surface area (Å²) in [7, 11) is 0. The number of benzene rings is 3. The smallest absolute Gasteiger partial charge is 0.387 e. The molecule has 8 heteroatoms. The van der Waals surface area contributed by atoms with Gasteiger partial charge >= 0.3 is 12.6 Å². The molecule has 0 aromatic heterocycles. The lowest BCUT2D eigenvalue weighted by molar-refractivity contribution is -0.147. The van der Waals surface area contributed by atoms with Crippen molar-refractivity contribution in [2.45, 2.75) is 71.6 Å². The number of hydrogen-bond acceptors (Lipinski definition) is 4. The lowest BCUT2D eigenvalue weighted by atomic mass is 9.53. The van der Waals surface area contributed by atoms with E-state index in [9.17, 15) is 23.5 Å². The Labute approximate surface area is 239 Å². The molecule has 3 aromatic carbocycles. The van der Waals surface area contributed by atoms with E-state index in [1.54, 1.807) is 18.2 Å². The Morgan fingerprint density at radius 3 is 2.49 bits per heavy atom. The predicted octanol–water partition coefficient (Wildman–Crippen LogP) is 7.45. The molecule has 5 rings (SSSR count). The Hall–Kier alpha value is -3.68. The second kappa shape index (κ2) is 12.0. The van der Waals surface area contributed by atoms with Crippen molar-refractivity contribution in [3.63, 3.8) is 0 Å². The van der Waals surface area contributed by atoms with Crippen LogP contribution in [0.25, 0.3) is 10.8 Å². The second-order valence-electron chi connectivity index (χ2n) is 11.9. The molecule has 5 atom stereocenters. The summed E-state index contributed by atoms with van der Waals surface area (Å²) in [5, 5.41) is 15.0. The Kier molecular flexibility index (Phi) is 8.47. The van der Waals surface area contributed by atoms with Crippen molar-refractivity contribution in [3.05, 3.63) is 71.8 Å². The fourth-order valence-electron chi connectivity index (χ4n) is 7.41. The highest BCUT2D eigenvalue weighted by Crippen LogP contribution is 2.55. The van der Waals surface area contributed by atoms with Gasteiger partial charge in [-0.25, -0.2) is 4.79 Å². The molecule has 0 heterocycles. The number of halogens is 2. The fourth-order valence-corrected chi connectivity index (χ4v) is 7.41. The number of ether oxygens (including phenoxy) is 2. The molecule has 1 amide bonds. The van der Waals surface area contributed by atoms with Crippen LogP contribution in [-0.2, 0) is 11.4 Å². The highest BCUT2D eigenvalue weighted by molar-refractivity contribution is 6.05. The summed E-state index contributed by atoms with van der Waals surface area (Å²) in [6, 6.07) is 16.1. The largest absolute Gasteiger partial charge is 0.487 e. The maximum Gasteiger partial charge on any atom is 0.387 e. The summed E-state index contributed by atoms with van der Waals surface area (Å²) in [6.45, 7) is 1.52. The number of amides is 1. The standard InChI is InChI=1S/C33H37F2NO5/c1-3-21-15-23-14-20(2)16-33(17-21,18-23)29(31(38)39)36-30(37)27-13-10-24-6-4-5-7-26(24)28(27)40-19-22-8-11-25(12-9-22)41-32(34)35/h4-13,20-21,23,29,32H,3,14-19H2,1-2H3,(H,36,37)(H,38,39)/t20?,21?,23?,29?,33-/m1/s1. The summed E-state index contributed by atoms with van der Waals surface area (Å²) in [6.07, 6.45) is 5.64. The van der Waals surface area contributed by atoms with Crippen molar-refractivity contribution in [1.29, 1.82) is 0 Å². The Morgan fingerprint density at radius 2 is 1.78 bits per heavy atom. The van der Waals surface area contributed by atoms with Gasteiger partial charge in [0.1, 0.15) is 24.1 Å². The molecule has 2 N–H and O–H groups in total. The van der Waals surface area contributed by atoms with Gasteiger partial charge in [-0.2, -0.15) is 8.78 Å². The van der Waals surface area contributed by atoms with E-state index in [0.29, 0.717) is 29.1 Å². The third-order valence-corrected chi connectivity index (χ3v) is 8.92. The summed E-state index contributed by atoms with van der Waals surface area (Å²) in [5.41, 5.74) is 0.471. The monoisotopic (exact) mass is 565 g/mol. The van der Waals surface area contributed by atoms with E-state index in [1.165, 1.54) is 12.1 Å². The van der Waals surface area contributed by atoms with Gasteiger partial charge < -0.3 is 19.9 Å². The number of fused-ring (bicyclic) bond motifs is 3. The molecular weight excluding hydrogens is 528 g/mol. The first-order chi connectivity index (χ1) is 19.7. The van der Waals surface area contributed by atoms with Crippen LogP contribution in [0.2, 0.25) is 0 Å². The third kappa shape index (κ3) is 6.31. The van der Waals surface area contributed by atoms with Crippen LogP contribution in [0.5, 0.6) is 11.5 Å². The molecule has 3 aromatic rings. The van der Waals surface area contributed by atoms with Crippen LogP contribution in [0.3, 0.4) is 0 Å². The predicted molar refractivity (Wildman–Crippen MR) is 152 cm³/mol. The first-order valence-corrected chi connectivity index (χ1v) is 14.4. The molecule has 2 fully saturated rings. The van der Waals surface area contributed by atoms with Crippen LogP contribution in [0.15, 0.2) is 60.7 Å². The topological polar surface area (TPSA) is 84.9 Å². The molecule has 218 valence electrons. The van der Waals surface area contributed by atoms with Crippen LogP contribution in [0.4, 0.5) is 8.78 Å². The minimum Gasteiger partial charge on any atom is -0.487 e. The molecule has 4 unspecified atom stereocenters. The maximum atomic E-state index is 13.9. The molecular formula is C33H37F2NO5. The second-order valence-corrected chi connectivity index (χ2v) is 11.9. The van der Waals surface area contributed by atoms with E-state index in [4.69, 9.17) is 4.74 Å². The van der Waals surface area contributed by atoms with Gasteiger partial charge in [0, 0.05) is 10.8 Å². The normalized spacial score (nSPS) is 24.6. The summed E-state index contributed by atoms with van der Waals surface area (Å²) < 4.78 is 35.7. The number of carbonyl (C=O) groups excluding carboxylic acids is 1. The third-order valence-electron chi connectivity index (χ3n) is 8.92. The van der Waals surface area contributed by atoms with E-state index < -0.39 is 29.9 Å². The average Bonchev–Trinajstić information content (AvgIpc) is 2.93. The molecule has 41 heavy (non-hydrogen) atoms. The summed E-state index contributed by atoms with van der Waals surface area (Å²) in [4.78, 5) is 26.6. The van der Waals surface area contributed by atoms with Crippen molar-refractivity contribution >= 4 is 22.6 Å². The van der Waals surface area contributed by atoms with E-state index >= 15 is 0 Å². The van der Waals surface area contributed by atoms with E-state index in [-0.39, 0.29) is 17.9 Å². The van der Waals surface area contributed by atoms with Crippen LogP contribution < -0.4 is 14.8 Å². The number of rotatable bonds is 10. The quantitative estimate of drug-likeness (QED) is 0.267. The number of alkyl halides is 2. The van der Waals surface area contributed by atoms with Gasteiger partial charge in [-0.05, 0) is 79.0 Å². The van der Waals surface area contributed by atoms with Gasteiger partial charge in [-0.1, -0.05) is 62.7 Å². The molecule has 0 saturated heterocycles. The highest BCUT2D eigenvalue weighted by atomic mass is 19.3. The fraction of sp³-hybridized carbons (Fsp3) is 0.455. The van der Waals surface area contributed by atoms with Crippen LogP contribution >= 0.6 is 0 Å². The zero-order valence-corrected chi connectivity index (χ0v) is 23.4. The van der Waals surface area contributed by atoms with Gasteiger partial charge in [0.15, 0.2) is 0 Å². The van der Waals surface area contributed by atoms with Crippen molar-refractivity contribution in [1.82, 2.24) is 5.32 Å². The SMILES string of the molecule is CCC1CC2CC(C)C[C@@](C(NC(=O)c3ccc4ccccc4c3OCc3ccc(OC(F)F)cc3)C(=O)O)(C1)C2. The molecule has 0 spiro atoms. The molecule has 6 nitrogen and oxygen atoms in total. The minimum absolute atomic E-state index is 0.0420. The van der Waals surface area contributed by atoms with Gasteiger partial charge in [0.05, 0.1) is 5.56 Å². The van der Waals surface area contributed by atoms with Crippen LogP contribution in [0, 0.1) is 23.2 Å². The number of carboxylic acids is 1. The molecule has 2 bridgehead atoms. The Morgan fingerprint density at radius 1 is 1.02 bits per heavy atom. The first kappa shape index (κ1) is 28.8. The zero-order chi connectivity index (χ0) is 29.1. The number of hydrogen-bond donors (Lipinski definition) is 2. The van der Waals surface area contributed by atoms with Gasteiger partial charge in [-0.3, -0.25) is 4.79 Å². The maximum absolute atomic E-state index is 13.9. The highest BCUT2D eigenvalue weighted by Gasteiger charge is 2.52. The first-order valence-electron chi connectivity index (χ1n) is 14.4. The number of carbonyl (C=O) groups is 2. The van der Waals surface area contributed by atoms with Gasteiger partial charge in [0.2, 0.25) is 0 Å². The van der Waals surface area contributed by atoms with Gasteiger partial charge in [0.25, 0.3) is 5.91 Å². The average molecular weight is 566 g/mol. The number of aliphatic carboxylic acids is 1. The van der Waals surface area contributed by atoms with Crippen molar-refractivity contribution in [2.24, 2.45) is 23.2 Å². The van der Waals surface area contributed by atoms with E-state index in [1.807, 2.05) is 30.3 Å². The minimum atomic E-state index is -2.91. The van der Waals surface area contributed by atoms with E-state index in [0.717, 1.165) is 49.3 Å². The van der Waals surface area contributed by atoms with Crippen molar-refractivity contribution in [3.8, 4) is 11.5 Å². The van der Waals surface area contributed by atoms with Crippen molar-refractivity contribution in [2.75, 3.05) is 0 Å². The Balaban J connectivity index is 1.43. The summed E-state index contributed by atoms with van der Waals surface area (Å²) in [5.74, 6) is 0.243.